The van der Waals surface area contributed by atoms with E-state index in [1.807, 2.05) is 18.2 Å². The first-order valence-corrected chi connectivity index (χ1v) is 8.69. The lowest BCUT2D eigenvalue weighted by Gasteiger charge is -2.22. The van der Waals surface area contributed by atoms with Crippen molar-refractivity contribution in [1.29, 1.82) is 0 Å². The third-order valence-electron chi connectivity index (χ3n) is 4.07. The molecule has 0 aliphatic carbocycles. The Morgan fingerprint density at radius 1 is 1.08 bits per heavy atom. The monoisotopic (exact) mass is 374 g/mol. The van der Waals surface area contributed by atoms with E-state index in [0.29, 0.717) is 29.4 Å². The highest BCUT2D eigenvalue weighted by molar-refractivity contribution is 6.30. The number of methoxy groups -OCH3 is 1. The number of nitrogens with one attached hydrogen (secondary N) is 2. The van der Waals surface area contributed by atoms with Gasteiger partial charge >= 0.3 is 0 Å². The van der Waals surface area contributed by atoms with E-state index in [9.17, 15) is 9.59 Å². The molecule has 26 heavy (non-hydrogen) atoms. The van der Waals surface area contributed by atoms with E-state index in [0.717, 1.165) is 5.56 Å². The summed E-state index contributed by atoms with van der Waals surface area (Å²) in [7, 11) is 1.57. The van der Waals surface area contributed by atoms with Crippen molar-refractivity contribution in [3.8, 4) is 5.75 Å². The van der Waals surface area contributed by atoms with E-state index in [1.54, 1.807) is 51.3 Å². The smallest absolute Gasteiger partial charge is 0.239 e. The first-order valence-electron chi connectivity index (χ1n) is 8.31. The van der Waals surface area contributed by atoms with Gasteiger partial charge in [0.1, 0.15) is 11.2 Å². The number of hydrogen-bond donors (Lipinski definition) is 2. The molecule has 2 N–H and O–H groups in total. The predicted octanol–water partition coefficient (Wildman–Crippen LogP) is 3.67. The minimum Gasteiger partial charge on any atom is -0.497 e. The van der Waals surface area contributed by atoms with Gasteiger partial charge in [-0.25, -0.2) is 0 Å². The molecular formula is C20H23ClN2O3. The molecule has 0 fully saturated rings. The Morgan fingerprint density at radius 2 is 1.77 bits per heavy atom. The molecule has 2 amide bonds. The number of anilines is 1. The topological polar surface area (TPSA) is 67.4 Å². The summed E-state index contributed by atoms with van der Waals surface area (Å²) in [5.74, 6) is -0.00511. The molecule has 0 saturated heterocycles. The lowest BCUT2D eigenvalue weighted by molar-refractivity contribution is -0.138. The zero-order valence-corrected chi connectivity index (χ0v) is 15.9. The van der Waals surface area contributed by atoms with Crippen LogP contribution in [0.2, 0.25) is 5.02 Å². The van der Waals surface area contributed by atoms with Crippen molar-refractivity contribution < 1.29 is 14.3 Å². The summed E-state index contributed by atoms with van der Waals surface area (Å²) in [5, 5.41) is 6.23. The van der Waals surface area contributed by atoms with Gasteiger partial charge in [-0.2, -0.15) is 0 Å². The lowest BCUT2D eigenvalue weighted by atomic mass is 9.91. The maximum atomic E-state index is 12.5. The van der Waals surface area contributed by atoms with Gasteiger partial charge in [-0.1, -0.05) is 23.7 Å². The Morgan fingerprint density at radius 3 is 2.38 bits per heavy atom. The number of halogens is 1. The molecular weight excluding hydrogens is 352 g/mol. The van der Waals surface area contributed by atoms with Crippen LogP contribution in [0.5, 0.6) is 5.75 Å². The van der Waals surface area contributed by atoms with Crippen LogP contribution in [0, 0.1) is 5.41 Å². The van der Waals surface area contributed by atoms with Crippen molar-refractivity contribution in [2.24, 2.45) is 5.41 Å². The summed E-state index contributed by atoms with van der Waals surface area (Å²) in [5.41, 5.74) is 0.433. The second kappa shape index (κ2) is 8.72. The van der Waals surface area contributed by atoms with E-state index >= 15 is 0 Å². The molecule has 0 aliphatic rings. The largest absolute Gasteiger partial charge is 0.497 e. The van der Waals surface area contributed by atoms with Crippen LogP contribution in [0.1, 0.15) is 19.4 Å². The molecule has 6 heteroatoms. The van der Waals surface area contributed by atoms with Crippen molar-refractivity contribution >= 4 is 29.1 Å². The van der Waals surface area contributed by atoms with Crippen LogP contribution in [0.4, 0.5) is 5.69 Å². The molecule has 0 saturated carbocycles. The Balaban J connectivity index is 1.89. The fourth-order valence-corrected chi connectivity index (χ4v) is 2.51. The molecule has 0 aromatic heterocycles. The van der Waals surface area contributed by atoms with E-state index in [2.05, 4.69) is 10.6 Å². The summed E-state index contributed by atoms with van der Waals surface area (Å²) in [6, 6.07) is 14.4. The van der Waals surface area contributed by atoms with Crippen molar-refractivity contribution in [2.75, 3.05) is 19.0 Å². The van der Waals surface area contributed by atoms with Gasteiger partial charge in [0, 0.05) is 17.3 Å². The third kappa shape index (κ3) is 5.23. The summed E-state index contributed by atoms with van der Waals surface area (Å²) >= 11 is 5.95. The van der Waals surface area contributed by atoms with Gasteiger partial charge in [-0.15, -0.1) is 0 Å². The van der Waals surface area contributed by atoms with Crippen LogP contribution in [0.15, 0.2) is 48.5 Å². The molecule has 0 unspecified atom stereocenters. The SMILES string of the molecule is COc1ccc(NC(=O)C(C)(C)C(=O)NCCc2cccc(Cl)c2)cc1. The Labute approximate surface area is 158 Å². The first-order chi connectivity index (χ1) is 12.3. The number of hydrogen-bond acceptors (Lipinski definition) is 3. The van der Waals surface area contributed by atoms with E-state index < -0.39 is 5.41 Å². The number of ether oxygens (including phenoxy) is 1. The highest BCUT2D eigenvalue weighted by Crippen LogP contribution is 2.21. The van der Waals surface area contributed by atoms with E-state index in [1.165, 1.54) is 0 Å². The molecule has 138 valence electrons. The van der Waals surface area contributed by atoms with Crippen molar-refractivity contribution in [1.82, 2.24) is 5.32 Å². The Bertz CT molecular complexity index is 773. The Hall–Kier alpha value is -2.53. The zero-order valence-electron chi connectivity index (χ0n) is 15.1. The molecule has 2 rings (SSSR count). The zero-order chi connectivity index (χ0) is 19.2. The molecule has 5 nitrogen and oxygen atoms in total. The summed E-state index contributed by atoms with van der Waals surface area (Å²) in [4.78, 5) is 24.9. The van der Waals surface area contributed by atoms with Gasteiger partial charge in [-0.05, 0) is 62.2 Å². The molecule has 0 atom stereocenters. The average molecular weight is 375 g/mol. The molecule has 0 spiro atoms. The fraction of sp³-hybridized carbons (Fsp3) is 0.300. The number of rotatable bonds is 7. The predicted molar refractivity (Wildman–Crippen MR) is 104 cm³/mol. The van der Waals surface area contributed by atoms with Crippen molar-refractivity contribution in [3.05, 3.63) is 59.1 Å². The van der Waals surface area contributed by atoms with Gasteiger partial charge in [0.2, 0.25) is 11.8 Å². The molecule has 0 aliphatic heterocycles. The normalized spacial score (nSPS) is 10.9. The second-order valence-electron chi connectivity index (χ2n) is 6.44. The van der Waals surface area contributed by atoms with Crippen LogP contribution in [-0.4, -0.2) is 25.5 Å². The summed E-state index contributed by atoms with van der Waals surface area (Å²) in [6.07, 6.45) is 0.641. The maximum absolute atomic E-state index is 12.5. The molecule has 0 heterocycles. The van der Waals surface area contributed by atoms with Crippen LogP contribution in [-0.2, 0) is 16.0 Å². The number of carbonyl (C=O) groups is 2. The van der Waals surface area contributed by atoms with Gasteiger partial charge in [-0.3, -0.25) is 9.59 Å². The summed E-state index contributed by atoms with van der Waals surface area (Å²) < 4.78 is 5.08. The van der Waals surface area contributed by atoms with Gasteiger partial charge in [0.15, 0.2) is 0 Å². The van der Waals surface area contributed by atoms with Crippen molar-refractivity contribution in [3.63, 3.8) is 0 Å². The number of carbonyl (C=O) groups excluding carboxylic acids is 2. The number of amides is 2. The fourth-order valence-electron chi connectivity index (χ4n) is 2.30. The molecule has 2 aromatic rings. The lowest BCUT2D eigenvalue weighted by Crippen LogP contribution is -2.45. The van der Waals surface area contributed by atoms with Crippen LogP contribution in [0.25, 0.3) is 0 Å². The highest BCUT2D eigenvalue weighted by atomic mass is 35.5. The first kappa shape index (κ1) is 19.8. The maximum Gasteiger partial charge on any atom is 0.239 e. The third-order valence-corrected chi connectivity index (χ3v) is 4.31. The standard InChI is InChI=1S/C20H23ClN2O3/c1-20(2,19(25)23-16-7-9-17(26-3)10-8-16)18(24)22-12-11-14-5-4-6-15(21)13-14/h4-10,13H,11-12H2,1-3H3,(H,22,24)(H,23,25). The van der Waals surface area contributed by atoms with Crippen molar-refractivity contribution in [2.45, 2.75) is 20.3 Å². The molecule has 0 bridgehead atoms. The minimum atomic E-state index is -1.20. The highest BCUT2D eigenvalue weighted by Gasteiger charge is 2.35. The van der Waals surface area contributed by atoms with E-state index in [4.69, 9.17) is 16.3 Å². The van der Waals surface area contributed by atoms with E-state index in [-0.39, 0.29) is 11.8 Å². The van der Waals surface area contributed by atoms with Gasteiger partial charge in [0.25, 0.3) is 0 Å². The quantitative estimate of drug-likeness (QED) is 0.726. The van der Waals surface area contributed by atoms with Crippen LogP contribution >= 0.6 is 11.6 Å². The number of benzene rings is 2. The average Bonchev–Trinajstić information content (AvgIpc) is 2.62. The Kier molecular flexibility index (Phi) is 6.64. The van der Waals surface area contributed by atoms with Crippen LogP contribution < -0.4 is 15.4 Å². The molecule has 0 radical (unpaired) electrons. The van der Waals surface area contributed by atoms with Crippen LogP contribution in [0.3, 0.4) is 0 Å². The minimum absolute atomic E-state index is 0.328. The van der Waals surface area contributed by atoms with Gasteiger partial charge in [0.05, 0.1) is 7.11 Å². The summed E-state index contributed by atoms with van der Waals surface area (Å²) in [6.45, 7) is 3.62. The molecule has 2 aromatic carbocycles. The second-order valence-corrected chi connectivity index (χ2v) is 6.88. The van der Waals surface area contributed by atoms with Gasteiger partial charge < -0.3 is 15.4 Å².